The highest BCUT2D eigenvalue weighted by atomic mass is 35.5. The summed E-state index contributed by atoms with van der Waals surface area (Å²) in [6, 6.07) is 14.9. The van der Waals surface area contributed by atoms with E-state index in [-0.39, 0.29) is 0 Å². The zero-order valence-corrected chi connectivity index (χ0v) is 12.9. The summed E-state index contributed by atoms with van der Waals surface area (Å²) in [5.74, 6) is 0.362. The second-order valence-corrected chi connectivity index (χ2v) is 6.11. The Balaban J connectivity index is 2.07. The van der Waals surface area contributed by atoms with Gasteiger partial charge < -0.3 is 5.32 Å². The maximum Gasteiger partial charge on any atom is 0.0459 e. The van der Waals surface area contributed by atoms with E-state index >= 15 is 0 Å². The highest BCUT2D eigenvalue weighted by molar-refractivity contribution is 6.35. The van der Waals surface area contributed by atoms with Crippen molar-refractivity contribution in [3.63, 3.8) is 0 Å². The van der Waals surface area contributed by atoms with Crippen LogP contribution in [0.2, 0.25) is 10.0 Å². The minimum Gasteiger partial charge on any atom is -0.313 e. The molecule has 1 aliphatic rings. The van der Waals surface area contributed by atoms with Gasteiger partial charge in [-0.05, 0) is 48.7 Å². The molecule has 0 aliphatic heterocycles. The fourth-order valence-corrected chi connectivity index (χ4v) is 3.74. The molecule has 0 aromatic heterocycles. The molecule has 3 heteroatoms. The first-order valence-corrected chi connectivity index (χ1v) is 7.67. The van der Waals surface area contributed by atoms with E-state index in [0.717, 1.165) is 17.9 Å². The third-order valence-electron chi connectivity index (χ3n) is 4.18. The van der Waals surface area contributed by atoms with Gasteiger partial charge in [0.25, 0.3) is 0 Å². The van der Waals surface area contributed by atoms with Gasteiger partial charge in [-0.2, -0.15) is 0 Å². The standard InChI is InChI=1S/C17H17Cl2N/c1-20-17-9-8-13(12-4-2-3-5-15(12)17)14-7-6-11(18)10-16(14)19/h2-7,10,13,17,20H,8-9H2,1H3/t13-,17-/m1/s1. The summed E-state index contributed by atoms with van der Waals surface area (Å²) in [5.41, 5.74) is 3.94. The number of nitrogens with one attached hydrogen (secondary N) is 1. The molecule has 0 saturated heterocycles. The Kier molecular flexibility index (Phi) is 4.02. The van der Waals surface area contributed by atoms with Crippen LogP contribution < -0.4 is 5.32 Å². The number of hydrogen-bond acceptors (Lipinski definition) is 1. The van der Waals surface area contributed by atoms with Crippen LogP contribution in [0.5, 0.6) is 0 Å². The van der Waals surface area contributed by atoms with E-state index in [9.17, 15) is 0 Å². The second kappa shape index (κ2) is 5.77. The summed E-state index contributed by atoms with van der Waals surface area (Å²) < 4.78 is 0. The van der Waals surface area contributed by atoms with Crippen molar-refractivity contribution in [3.05, 3.63) is 69.2 Å². The monoisotopic (exact) mass is 305 g/mol. The van der Waals surface area contributed by atoms with Crippen molar-refractivity contribution in [1.29, 1.82) is 0 Å². The van der Waals surface area contributed by atoms with Crippen LogP contribution >= 0.6 is 23.2 Å². The van der Waals surface area contributed by atoms with Crippen molar-refractivity contribution in [1.82, 2.24) is 5.32 Å². The number of halogens is 2. The highest BCUT2D eigenvalue weighted by Crippen LogP contribution is 2.43. The summed E-state index contributed by atoms with van der Waals surface area (Å²) in [6.45, 7) is 0. The minimum absolute atomic E-state index is 0.362. The first-order chi connectivity index (χ1) is 9.70. The van der Waals surface area contributed by atoms with Gasteiger partial charge in [0, 0.05) is 22.0 Å². The van der Waals surface area contributed by atoms with E-state index in [2.05, 4.69) is 35.6 Å². The molecule has 2 aromatic rings. The molecular weight excluding hydrogens is 289 g/mol. The zero-order chi connectivity index (χ0) is 14.1. The van der Waals surface area contributed by atoms with Crippen LogP contribution in [0.1, 0.15) is 41.5 Å². The van der Waals surface area contributed by atoms with Gasteiger partial charge in [0.1, 0.15) is 0 Å². The normalized spacial score (nSPS) is 21.6. The molecule has 104 valence electrons. The van der Waals surface area contributed by atoms with Crippen LogP contribution in [0.15, 0.2) is 42.5 Å². The number of fused-ring (bicyclic) bond motifs is 1. The molecule has 0 heterocycles. The van der Waals surface area contributed by atoms with Crippen LogP contribution in [0.25, 0.3) is 0 Å². The Bertz CT molecular complexity index is 624. The van der Waals surface area contributed by atoms with Crippen molar-refractivity contribution in [2.45, 2.75) is 24.8 Å². The molecular formula is C17H17Cl2N. The highest BCUT2D eigenvalue weighted by Gasteiger charge is 2.28. The molecule has 0 bridgehead atoms. The molecule has 0 spiro atoms. The van der Waals surface area contributed by atoms with Gasteiger partial charge in [-0.1, -0.05) is 53.5 Å². The molecule has 1 N–H and O–H groups in total. The van der Waals surface area contributed by atoms with Crippen molar-refractivity contribution < 1.29 is 0 Å². The average Bonchev–Trinajstić information content (AvgIpc) is 2.47. The summed E-state index contributed by atoms with van der Waals surface area (Å²) in [7, 11) is 2.02. The summed E-state index contributed by atoms with van der Waals surface area (Å²) in [5, 5.41) is 4.86. The number of rotatable bonds is 2. The van der Waals surface area contributed by atoms with E-state index in [0.29, 0.717) is 17.0 Å². The third-order valence-corrected chi connectivity index (χ3v) is 4.74. The predicted molar refractivity (Wildman–Crippen MR) is 85.8 cm³/mol. The lowest BCUT2D eigenvalue weighted by Gasteiger charge is -2.32. The quantitative estimate of drug-likeness (QED) is 0.806. The predicted octanol–water partition coefficient (Wildman–Crippen LogP) is 5.18. The lowest BCUT2D eigenvalue weighted by atomic mass is 9.77. The molecule has 1 nitrogen and oxygen atoms in total. The van der Waals surface area contributed by atoms with E-state index in [1.807, 2.05) is 19.2 Å². The summed E-state index contributed by atoms with van der Waals surface area (Å²) in [4.78, 5) is 0. The Morgan fingerprint density at radius 2 is 1.70 bits per heavy atom. The topological polar surface area (TPSA) is 12.0 Å². The SMILES string of the molecule is CN[C@@H]1CC[C@@H](c2ccc(Cl)cc2Cl)c2ccccc21. The van der Waals surface area contributed by atoms with Crippen LogP contribution in [0.3, 0.4) is 0 Å². The fraction of sp³-hybridized carbons (Fsp3) is 0.294. The molecule has 0 amide bonds. The zero-order valence-electron chi connectivity index (χ0n) is 11.4. The van der Waals surface area contributed by atoms with Gasteiger partial charge in [-0.25, -0.2) is 0 Å². The lowest BCUT2D eigenvalue weighted by Crippen LogP contribution is -2.24. The molecule has 3 rings (SSSR count). The largest absolute Gasteiger partial charge is 0.313 e. The van der Waals surface area contributed by atoms with E-state index < -0.39 is 0 Å². The molecule has 2 atom stereocenters. The van der Waals surface area contributed by atoms with Crippen molar-refractivity contribution >= 4 is 23.2 Å². The smallest absolute Gasteiger partial charge is 0.0459 e. The maximum absolute atomic E-state index is 6.40. The van der Waals surface area contributed by atoms with Crippen LogP contribution in [-0.2, 0) is 0 Å². The summed E-state index contributed by atoms with van der Waals surface area (Å²) in [6.07, 6.45) is 2.22. The molecule has 0 unspecified atom stereocenters. The average molecular weight is 306 g/mol. The Labute approximate surface area is 129 Å². The van der Waals surface area contributed by atoms with Gasteiger partial charge in [-0.15, -0.1) is 0 Å². The number of hydrogen-bond donors (Lipinski definition) is 1. The van der Waals surface area contributed by atoms with E-state index in [1.54, 1.807) is 0 Å². The van der Waals surface area contributed by atoms with Gasteiger partial charge >= 0.3 is 0 Å². The van der Waals surface area contributed by atoms with Crippen molar-refractivity contribution in [2.75, 3.05) is 7.05 Å². The van der Waals surface area contributed by atoms with Crippen molar-refractivity contribution in [3.8, 4) is 0 Å². The Hall–Kier alpha value is -1.02. The molecule has 1 aliphatic carbocycles. The van der Waals surface area contributed by atoms with Gasteiger partial charge in [0.2, 0.25) is 0 Å². The first kappa shape index (κ1) is 13.9. The molecule has 0 radical (unpaired) electrons. The van der Waals surface area contributed by atoms with Crippen molar-refractivity contribution in [2.24, 2.45) is 0 Å². The molecule has 0 fully saturated rings. The molecule has 20 heavy (non-hydrogen) atoms. The second-order valence-electron chi connectivity index (χ2n) is 5.27. The molecule has 2 aromatic carbocycles. The van der Waals surface area contributed by atoms with Crippen LogP contribution in [-0.4, -0.2) is 7.05 Å². The van der Waals surface area contributed by atoms with E-state index in [4.69, 9.17) is 23.2 Å². The first-order valence-electron chi connectivity index (χ1n) is 6.91. The van der Waals surface area contributed by atoms with Gasteiger partial charge in [-0.3, -0.25) is 0 Å². The van der Waals surface area contributed by atoms with E-state index in [1.165, 1.54) is 16.7 Å². The van der Waals surface area contributed by atoms with Crippen LogP contribution in [0.4, 0.5) is 0 Å². The molecule has 0 saturated carbocycles. The fourth-order valence-electron chi connectivity index (χ4n) is 3.20. The van der Waals surface area contributed by atoms with Crippen LogP contribution in [0, 0.1) is 0 Å². The lowest BCUT2D eigenvalue weighted by molar-refractivity contribution is 0.471. The Morgan fingerprint density at radius 1 is 0.950 bits per heavy atom. The third kappa shape index (κ3) is 2.46. The van der Waals surface area contributed by atoms with Gasteiger partial charge in [0.05, 0.1) is 0 Å². The van der Waals surface area contributed by atoms with Gasteiger partial charge in [0.15, 0.2) is 0 Å². The maximum atomic E-state index is 6.40. The Morgan fingerprint density at radius 3 is 2.40 bits per heavy atom. The minimum atomic E-state index is 0.362. The summed E-state index contributed by atoms with van der Waals surface area (Å²) >= 11 is 12.4. The number of benzene rings is 2.